The number of primary amides is 1. The molecule has 0 radical (unpaired) electrons. The summed E-state index contributed by atoms with van der Waals surface area (Å²) in [6.45, 7) is 1.74. The van der Waals surface area contributed by atoms with E-state index >= 15 is 0 Å². The maximum absolute atomic E-state index is 13.1. The minimum atomic E-state index is -0.685. The Kier molecular flexibility index (Phi) is 4.94. The Morgan fingerprint density at radius 2 is 1.73 bits per heavy atom. The van der Waals surface area contributed by atoms with E-state index in [1.165, 1.54) is 23.5 Å². The predicted molar refractivity (Wildman–Crippen MR) is 99.8 cm³/mol. The molecule has 132 valence electrons. The first-order valence-corrected chi connectivity index (χ1v) is 8.45. The second-order valence-corrected chi connectivity index (χ2v) is 6.46. The molecule has 0 bridgehead atoms. The van der Waals surface area contributed by atoms with Crippen LogP contribution in [0, 0.1) is 12.7 Å². The van der Waals surface area contributed by atoms with Gasteiger partial charge in [-0.1, -0.05) is 6.07 Å². The molecule has 0 aliphatic heterocycles. The zero-order valence-electron chi connectivity index (χ0n) is 13.7. The zero-order valence-corrected chi connectivity index (χ0v) is 14.6. The molecule has 2 aromatic carbocycles. The number of aromatic nitrogens is 1. The van der Waals surface area contributed by atoms with E-state index in [1.54, 1.807) is 43.3 Å². The van der Waals surface area contributed by atoms with Crippen molar-refractivity contribution in [3.63, 3.8) is 0 Å². The first kappa shape index (κ1) is 17.6. The number of rotatable bonds is 4. The minimum absolute atomic E-state index is 0.315. The number of urea groups is 1. The van der Waals surface area contributed by atoms with Crippen LogP contribution in [0.25, 0.3) is 10.6 Å². The van der Waals surface area contributed by atoms with Crippen LogP contribution < -0.4 is 16.4 Å². The average molecular weight is 370 g/mol. The standard InChI is InChI=1S/C18H15FN4O2S/c1-10-15(26-17(21-10)11-5-7-12(19)8-6-11)16(24)22-13-3-2-4-14(9-13)23-18(20)25/h2-9H,1H3,(H,22,24)(H3,20,23,25). The largest absolute Gasteiger partial charge is 0.351 e. The lowest BCUT2D eigenvalue weighted by Crippen LogP contribution is -2.19. The molecule has 0 atom stereocenters. The van der Waals surface area contributed by atoms with Gasteiger partial charge >= 0.3 is 6.03 Å². The molecule has 0 saturated heterocycles. The van der Waals surface area contributed by atoms with Crippen LogP contribution in [-0.2, 0) is 0 Å². The van der Waals surface area contributed by atoms with Crippen molar-refractivity contribution in [2.75, 3.05) is 10.6 Å². The topological polar surface area (TPSA) is 97.1 Å². The van der Waals surface area contributed by atoms with Gasteiger partial charge in [-0.25, -0.2) is 14.2 Å². The lowest BCUT2D eigenvalue weighted by molar-refractivity contribution is 0.103. The average Bonchev–Trinajstić information content (AvgIpc) is 2.97. The molecule has 0 aliphatic carbocycles. The number of carbonyl (C=O) groups excluding carboxylic acids is 2. The van der Waals surface area contributed by atoms with Gasteiger partial charge in [-0.2, -0.15) is 0 Å². The quantitative estimate of drug-likeness (QED) is 0.647. The minimum Gasteiger partial charge on any atom is -0.351 e. The number of hydrogen-bond donors (Lipinski definition) is 3. The molecular weight excluding hydrogens is 355 g/mol. The number of nitrogens with zero attached hydrogens (tertiary/aromatic N) is 1. The number of carbonyl (C=O) groups is 2. The van der Waals surface area contributed by atoms with Crippen LogP contribution in [0.15, 0.2) is 48.5 Å². The summed E-state index contributed by atoms with van der Waals surface area (Å²) in [7, 11) is 0. The Morgan fingerprint density at radius 1 is 1.08 bits per heavy atom. The fourth-order valence-corrected chi connectivity index (χ4v) is 3.29. The van der Waals surface area contributed by atoms with Gasteiger partial charge in [0.2, 0.25) is 0 Å². The molecule has 1 aromatic heterocycles. The summed E-state index contributed by atoms with van der Waals surface area (Å²) in [6.07, 6.45) is 0. The number of nitrogens with two attached hydrogens (primary N) is 1. The second-order valence-electron chi connectivity index (χ2n) is 5.46. The maximum atomic E-state index is 13.1. The predicted octanol–water partition coefficient (Wildman–Crippen LogP) is 4.00. The Bertz CT molecular complexity index is 970. The zero-order chi connectivity index (χ0) is 18.7. The Morgan fingerprint density at radius 3 is 2.38 bits per heavy atom. The number of amides is 3. The third-order valence-electron chi connectivity index (χ3n) is 3.48. The molecule has 3 aromatic rings. The van der Waals surface area contributed by atoms with Gasteiger partial charge in [0.05, 0.1) is 5.69 Å². The summed E-state index contributed by atoms with van der Waals surface area (Å²) in [5, 5.41) is 5.85. The van der Waals surface area contributed by atoms with E-state index in [-0.39, 0.29) is 11.7 Å². The highest BCUT2D eigenvalue weighted by atomic mass is 32.1. The first-order valence-electron chi connectivity index (χ1n) is 7.63. The monoisotopic (exact) mass is 370 g/mol. The van der Waals surface area contributed by atoms with Gasteiger partial charge in [-0.05, 0) is 49.4 Å². The highest BCUT2D eigenvalue weighted by molar-refractivity contribution is 7.17. The van der Waals surface area contributed by atoms with Crippen LogP contribution in [0.5, 0.6) is 0 Å². The van der Waals surface area contributed by atoms with Crippen LogP contribution in [0.2, 0.25) is 0 Å². The highest BCUT2D eigenvalue weighted by Gasteiger charge is 2.16. The number of hydrogen-bond acceptors (Lipinski definition) is 4. The van der Waals surface area contributed by atoms with E-state index < -0.39 is 6.03 Å². The first-order chi connectivity index (χ1) is 12.4. The third kappa shape index (κ3) is 4.04. The van der Waals surface area contributed by atoms with E-state index in [9.17, 15) is 14.0 Å². The number of nitrogens with one attached hydrogen (secondary N) is 2. The maximum Gasteiger partial charge on any atom is 0.316 e. The van der Waals surface area contributed by atoms with Gasteiger partial charge in [0, 0.05) is 16.9 Å². The molecule has 3 amide bonds. The van der Waals surface area contributed by atoms with Crippen molar-refractivity contribution in [2.24, 2.45) is 5.73 Å². The van der Waals surface area contributed by atoms with E-state index in [4.69, 9.17) is 5.73 Å². The molecule has 8 heteroatoms. The summed E-state index contributed by atoms with van der Waals surface area (Å²) >= 11 is 1.23. The van der Waals surface area contributed by atoms with E-state index in [1.807, 2.05) is 0 Å². The number of aryl methyl sites for hydroxylation is 1. The Balaban J connectivity index is 1.80. The van der Waals surface area contributed by atoms with Crippen LogP contribution >= 0.6 is 11.3 Å². The lowest BCUT2D eigenvalue weighted by Gasteiger charge is -2.07. The molecule has 0 fully saturated rings. The van der Waals surface area contributed by atoms with Gasteiger partial charge in [0.25, 0.3) is 5.91 Å². The van der Waals surface area contributed by atoms with Crippen molar-refractivity contribution < 1.29 is 14.0 Å². The molecule has 6 nitrogen and oxygen atoms in total. The number of halogens is 1. The Hall–Kier alpha value is -3.26. The fraction of sp³-hybridized carbons (Fsp3) is 0.0556. The SMILES string of the molecule is Cc1nc(-c2ccc(F)cc2)sc1C(=O)Nc1cccc(NC(N)=O)c1. The molecule has 0 spiro atoms. The molecule has 0 aliphatic rings. The van der Waals surface area contributed by atoms with Gasteiger partial charge in [-0.3, -0.25) is 4.79 Å². The number of thiazole rings is 1. The lowest BCUT2D eigenvalue weighted by atomic mass is 10.2. The van der Waals surface area contributed by atoms with Crippen LogP contribution in [0.1, 0.15) is 15.4 Å². The van der Waals surface area contributed by atoms with Gasteiger partial charge in [0.1, 0.15) is 15.7 Å². The van der Waals surface area contributed by atoms with Crippen molar-refractivity contribution in [3.8, 4) is 10.6 Å². The summed E-state index contributed by atoms with van der Waals surface area (Å²) in [4.78, 5) is 28.3. The fourth-order valence-electron chi connectivity index (χ4n) is 2.33. The molecule has 0 unspecified atom stereocenters. The molecule has 0 saturated carbocycles. The van der Waals surface area contributed by atoms with Crippen molar-refractivity contribution in [2.45, 2.75) is 6.92 Å². The summed E-state index contributed by atoms with van der Waals surface area (Å²) in [6, 6.07) is 11.9. The molecule has 26 heavy (non-hydrogen) atoms. The number of anilines is 2. The van der Waals surface area contributed by atoms with Crippen molar-refractivity contribution in [1.29, 1.82) is 0 Å². The molecule has 1 heterocycles. The number of benzene rings is 2. The highest BCUT2D eigenvalue weighted by Crippen LogP contribution is 2.29. The van der Waals surface area contributed by atoms with E-state index in [0.29, 0.717) is 27.0 Å². The smallest absolute Gasteiger partial charge is 0.316 e. The summed E-state index contributed by atoms with van der Waals surface area (Å²) in [5.74, 6) is -0.644. The molecule has 4 N–H and O–H groups in total. The van der Waals surface area contributed by atoms with Crippen molar-refractivity contribution >= 4 is 34.6 Å². The van der Waals surface area contributed by atoms with Crippen LogP contribution in [0.3, 0.4) is 0 Å². The van der Waals surface area contributed by atoms with Crippen molar-refractivity contribution in [3.05, 3.63) is 64.9 Å². The van der Waals surface area contributed by atoms with Crippen molar-refractivity contribution in [1.82, 2.24) is 4.98 Å². The van der Waals surface area contributed by atoms with Crippen LogP contribution in [0.4, 0.5) is 20.6 Å². The van der Waals surface area contributed by atoms with E-state index in [2.05, 4.69) is 15.6 Å². The molecule has 3 rings (SSSR count). The normalized spacial score (nSPS) is 10.4. The molecular formula is C18H15FN4O2S. The summed E-state index contributed by atoms with van der Waals surface area (Å²) in [5.41, 5.74) is 7.40. The van der Waals surface area contributed by atoms with Crippen LogP contribution in [-0.4, -0.2) is 16.9 Å². The van der Waals surface area contributed by atoms with Gasteiger partial charge in [-0.15, -0.1) is 11.3 Å². The van der Waals surface area contributed by atoms with Gasteiger partial charge < -0.3 is 16.4 Å². The van der Waals surface area contributed by atoms with Gasteiger partial charge in [0.15, 0.2) is 0 Å². The summed E-state index contributed by atoms with van der Waals surface area (Å²) < 4.78 is 13.1. The Labute approximate surface area is 152 Å². The third-order valence-corrected chi connectivity index (χ3v) is 4.69. The second kappa shape index (κ2) is 7.32. The van der Waals surface area contributed by atoms with E-state index in [0.717, 1.165) is 5.56 Å².